The fourth-order valence-corrected chi connectivity index (χ4v) is 2.21. The van der Waals surface area contributed by atoms with E-state index in [1.807, 2.05) is 0 Å². The fraction of sp³-hybridized carbons (Fsp3) is 0.667. The average Bonchev–Trinajstić information content (AvgIpc) is 2.80. The molecule has 0 unspecified atom stereocenters. The number of hydrogen-bond donors (Lipinski definition) is 2. The first-order chi connectivity index (χ1) is 7.98. The summed E-state index contributed by atoms with van der Waals surface area (Å²) >= 11 is 0. The van der Waals surface area contributed by atoms with E-state index in [-0.39, 0.29) is 37.9 Å². The van der Waals surface area contributed by atoms with Gasteiger partial charge < -0.3 is 4.90 Å². The van der Waals surface area contributed by atoms with Crippen LogP contribution in [0, 0.1) is 0 Å². The standard InChI is InChI=1S/C6H11N7O3S/c7-17(15,16)13-3-1-12(2-4-13)6(14)5-8-10-11-9-5/h1-4H2,(H2,7,15,16)(H,8,9,10,11). The summed E-state index contributed by atoms with van der Waals surface area (Å²) in [5, 5.41) is 17.6. The van der Waals surface area contributed by atoms with Gasteiger partial charge in [0.15, 0.2) is 0 Å². The summed E-state index contributed by atoms with van der Waals surface area (Å²) in [5.41, 5.74) is 0. The van der Waals surface area contributed by atoms with Crippen molar-refractivity contribution >= 4 is 16.1 Å². The lowest BCUT2D eigenvalue weighted by Gasteiger charge is -2.32. The van der Waals surface area contributed by atoms with Crippen LogP contribution in [0.1, 0.15) is 10.6 Å². The van der Waals surface area contributed by atoms with Gasteiger partial charge in [0.1, 0.15) is 0 Å². The maximum atomic E-state index is 11.8. The van der Waals surface area contributed by atoms with E-state index in [1.54, 1.807) is 0 Å². The highest BCUT2D eigenvalue weighted by Gasteiger charge is 2.28. The lowest BCUT2D eigenvalue weighted by molar-refractivity contribution is 0.0685. The molecule has 2 heterocycles. The molecule has 0 atom stereocenters. The van der Waals surface area contributed by atoms with Gasteiger partial charge in [-0.3, -0.25) is 4.79 Å². The van der Waals surface area contributed by atoms with Gasteiger partial charge in [0.05, 0.1) is 0 Å². The third kappa shape index (κ3) is 2.57. The lowest BCUT2D eigenvalue weighted by atomic mass is 10.3. The van der Waals surface area contributed by atoms with Crippen molar-refractivity contribution in [2.75, 3.05) is 26.2 Å². The molecule has 1 aliphatic heterocycles. The monoisotopic (exact) mass is 261 g/mol. The van der Waals surface area contributed by atoms with E-state index >= 15 is 0 Å². The van der Waals surface area contributed by atoms with Crippen LogP contribution in [0.2, 0.25) is 0 Å². The van der Waals surface area contributed by atoms with Crippen LogP contribution in [0.5, 0.6) is 0 Å². The third-order valence-corrected chi connectivity index (χ3v) is 3.51. The Morgan fingerprint density at radius 3 is 2.41 bits per heavy atom. The Hall–Kier alpha value is -1.59. The van der Waals surface area contributed by atoms with Gasteiger partial charge in [0.25, 0.3) is 21.9 Å². The minimum Gasteiger partial charge on any atom is -0.333 e. The molecule has 0 bridgehead atoms. The normalized spacial score (nSPS) is 18.3. The van der Waals surface area contributed by atoms with E-state index in [0.29, 0.717) is 0 Å². The maximum absolute atomic E-state index is 11.8. The molecule has 1 amide bonds. The van der Waals surface area contributed by atoms with E-state index in [1.165, 1.54) is 4.90 Å². The zero-order chi connectivity index (χ0) is 12.5. The molecule has 1 fully saturated rings. The summed E-state index contributed by atoms with van der Waals surface area (Å²) in [5.74, 6) is -0.415. The van der Waals surface area contributed by atoms with Crippen molar-refractivity contribution in [1.29, 1.82) is 0 Å². The molecule has 2 rings (SSSR count). The molecule has 0 aliphatic carbocycles. The Balaban J connectivity index is 1.98. The van der Waals surface area contributed by atoms with Crippen LogP contribution in [0.4, 0.5) is 0 Å². The molecule has 17 heavy (non-hydrogen) atoms. The number of nitrogens with zero attached hydrogens (tertiary/aromatic N) is 5. The Bertz CT molecular complexity index is 490. The first-order valence-corrected chi connectivity index (χ1v) is 6.29. The van der Waals surface area contributed by atoms with Gasteiger partial charge >= 0.3 is 0 Å². The summed E-state index contributed by atoms with van der Waals surface area (Å²) in [7, 11) is -3.68. The van der Waals surface area contributed by atoms with Gasteiger partial charge in [0.2, 0.25) is 0 Å². The lowest BCUT2D eigenvalue weighted by Crippen LogP contribution is -2.52. The second kappa shape index (κ2) is 4.35. The predicted octanol–water partition coefficient (Wildman–Crippen LogP) is -2.84. The Labute approximate surface area is 96.9 Å². The molecule has 0 aromatic carbocycles. The largest absolute Gasteiger partial charge is 0.333 e. The first kappa shape index (κ1) is 11.9. The second-order valence-corrected chi connectivity index (χ2v) is 5.02. The van der Waals surface area contributed by atoms with Crippen molar-refractivity contribution in [2.24, 2.45) is 5.14 Å². The summed E-state index contributed by atoms with van der Waals surface area (Å²) < 4.78 is 23.2. The van der Waals surface area contributed by atoms with Crippen LogP contribution in [0.15, 0.2) is 0 Å². The van der Waals surface area contributed by atoms with Gasteiger partial charge in [-0.05, 0) is 5.21 Å². The van der Waals surface area contributed by atoms with Crippen LogP contribution in [0.25, 0.3) is 0 Å². The molecule has 1 aromatic rings. The molecule has 3 N–H and O–H groups in total. The molecular weight excluding hydrogens is 250 g/mol. The number of hydrogen-bond acceptors (Lipinski definition) is 6. The molecule has 10 nitrogen and oxygen atoms in total. The SMILES string of the molecule is NS(=O)(=O)N1CCN(C(=O)c2nn[nH]n2)CC1. The Morgan fingerprint density at radius 2 is 1.94 bits per heavy atom. The number of aromatic amines is 1. The highest BCUT2D eigenvalue weighted by Crippen LogP contribution is 2.06. The zero-order valence-electron chi connectivity index (χ0n) is 8.77. The van der Waals surface area contributed by atoms with Crippen molar-refractivity contribution in [3.8, 4) is 0 Å². The average molecular weight is 261 g/mol. The number of aromatic nitrogens is 4. The van der Waals surface area contributed by atoms with Crippen molar-refractivity contribution in [3.63, 3.8) is 0 Å². The summed E-state index contributed by atoms with van der Waals surface area (Å²) in [6.45, 7) is 0.846. The smallest absolute Gasteiger partial charge is 0.295 e. The number of rotatable bonds is 2. The number of carbonyl (C=O) groups excluding carboxylic acids is 1. The second-order valence-electron chi connectivity index (χ2n) is 3.47. The van der Waals surface area contributed by atoms with Gasteiger partial charge in [0, 0.05) is 26.2 Å². The van der Waals surface area contributed by atoms with Crippen molar-refractivity contribution in [1.82, 2.24) is 29.8 Å². The molecule has 1 saturated heterocycles. The van der Waals surface area contributed by atoms with E-state index in [2.05, 4.69) is 20.6 Å². The number of amides is 1. The van der Waals surface area contributed by atoms with Crippen molar-refractivity contribution in [3.05, 3.63) is 5.82 Å². The number of tetrazole rings is 1. The highest BCUT2D eigenvalue weighted by atomic mass is 32.2. The molecular formula is C6H11N7O3S. The van der Waals surface area contributed by atoms with E-state index in [4.69, 9.17) is 5.14 Å². The number of H-pyrrole nitrogens is 1. The molecule has 11 heteroatoms. The van der Waals surface area contributed by atoms with Crippen LogP contribution < -0.4 is 5.14 Å². The van der Waals surface area contributed by atoms with Crippen molar-refractivity contribution < 1.29 is 13.2 Å². The van der Waals surface area contributed by atoms with Gasteiger partial charge in [-0.15, -0.1) is 10.2 Å². The van der Waals surface area contributed by atoms with Gasteiger partial charge in [-0.2, -0.15) is 17.9 Å². The molecule has 0 spiro atoms. The minimum absolute atomic E-state index is 0.0333. The topological polar surface area (TPSA) is 138 Å². The fourth-order valence-electron chi connectivity index (χ4n) is 1.54. The maximum Gasteiger partial charge on any atom is 0.295 e. The summed E-state index contributed by atoms with van der Waals surface area (Å²) in [6, 6.07) is 0. The summed E-state index contributed by atoms with van der Waals surface area (Å²) in [6.07, 6.45) is 0. The molecule has 1 aliphatic rings. The third-order valence-electron chi connectivity index (χ3n) is 2.42. The highest BCUT2D eigenvalue weighted by molar-refractivity contribution is 7.86. The number of piperazine rings is 1. The minimum atomic E-state index is -3.68. The van der Waals surface area contributed by atoms with E-state index < -0.39 is 10.2 Å². The van der Waals surface area contributed by atoms with Crippen LogP contribution in [-0.4, -0.2) is 70.3 Å². The van der Waals surface area contributed by atoms with Crippen LogP contribution in [0.3, 0.4) is 0 Å². The Kier molecular flexibility index (Phi) is 3.04. The predicted molar refractivity (Wildman–Crippen MR) is 54.8 cm³/mol. The zero-order valence-corrected chi connectivity index (χ0v) is 9.59. The Morgan fingerprint density at radius 1 is 1.29 bits per heavy atom. The molecule has 94 valence electrons. The molecule has 0 radical (unpaired) electrons. The molecule has 0 saturated carbocycles. The van der Waals surface area contributed by atoms with E-state index in [9.17, 15) is 13.2 Å². The van der Waals surface area contributed by atoms with Crippen LogP contribution >= 0.6 is 0 Å². The molecule has 1 aromatic heterocycles. The van der Waals surface area contributed by atoms with Crippen LogP contribution in [-0.2, 0) is 10.2 Å². The van der Waals surface area contributed by atoms with Gasteiger partial charge in [-0.25, -0.2) is 5.14 Å². The number of nitrogens with two attached hydrogens (primary N) is 1. The number of carbonyl (C=O) groups is 1. The van der Waals surface area contributed by atoms with E-state index in [0.717, 1.165) is 4.31 Å². The quantitative estimate of drug-likeness (QED) is 0.588. The van der Waals surface area contributed by atoms with Crippen molar-refractivity contribution in [2.45, 2.75) is 0 Å². The summed E-state index contributed by atoms with van der Waals surface area (Å²) in [4.78, 5) is 13.2. The van der Waals surface area contributed by atoms with Gasteiger partial charge in [-0.1, -0.05) is 0 Å². The first-order valence-electron chi connectivity index (χ1n) is 4.79. The number of nitrogens with one attached hydrogen (secondary N) is 1.